The quantitative estimate of drug-likeness (QED) is 0.421. The molecular weight excluding hydrogens is 520 g/mol. The molecule has 9 heteroatoms. The number of nitrogens with one attached hydrogen (secondary N) is 2. The molecule has 3 aliphatic rings. The van der Waals surface area contributed by atoms with Crippen molar-refractivity contribution in [1.29, 1.82) is 0 Å². The summed E-state index contributed by atoms with van der Waals surface area (Å²) < 4.78 is 12.3. The van der Waals surface area contributed by atoms with Gasteiger partial charge >= 0.3 is 0 Å². The van der Waals surface area contributed by atoms with E-state index in [0.29, 0.717) is 25.1 Å². The molecular formula is C32H38N4O5. The first-order chi connectivity index (χ1) is 19.7. The number of fused-ring (bicyclic) bond motifs is 2. The van der Waals surface area contributed by atoms with Crippen molar-refractivity contribution in [3.05, 3.63) is 83.4 Å². The molecule has 0 radical (unpaired) electrons. The number of aliphatic hydroxyl groups excluding tert-OH is 1. The van der Waals surface area contributed by atoms with Gasteiger partial charge in [-0.1, -0.05) is 57.2 Å². The fourth-order valence-corrected chi connectivity index (χ4v) is 6.39. The zero-order valence-corrected chi connectivity index (χ0v) is 23.7. The van der Waals surface area contributed by atoms with Crippen LogP contribution < -0.4 is 10.2 Å². The van der Waals surface area contributed by atoms with Gasteiger partial charge in [-0.2, -0.15) is 0 Å². The van der Waals surface area contributed by atoms with E-state index < -0.39 is 36.5 Å². The molecule has 2 fully saturated rings. The van der Waals surface area contributed by atoms with Crippen LogP contribution in [0.1, 0.15) is 73.3 Å². The average molecular weight is 559 g/mol. The van der Waals surface area contributed by atoms with Crippen molar-refractivity contribution in [1.82, 2.24) is 15.3 Å². The number of carbonyl (C=O) groups is 2. The number of aromatic nitrogens is 2. The molecule has 0 saturated carbocycles. The van der Waals surface area contributed by atoms with Crippen LogP contribution in [0.5, 0.6) is 0 Å². The van der Waals surface area contributed by atoms with Crippen LogP contribution in [-0.2, 0) is 26.1 Å². The predicted octanol–water partition coefficient (Wildman–Crippen LogP) is 4.04. The maximum atomic E-state index is 14.4. The number of anilines is 1. The van der Waals surface area contributed by atoms with Gasteiger partial charge in [0, 0.05) is 24.6 Å². The van der Waals surface area contributed by atoms with Gasteiger partial charge in [0.05, 0.1) is 30.8 Å². The third kappa shape index (κ3) is 5.41. The Bertz CT molecular complexity index is 1370. The van der Waals surface area contributed by atoms with Gasteiger partial charge in [0.25, 0.3) is 5.91 Å². The SMILES string of the molecule is CC(C)(C)c1ccc(N(C(=O)c2cnc[nH]2)C(C(=O)N[C@@H]2c3ccccc3C[C@@H]2O)C2CC3CCCOC3O2)cc1. The Hall–Kier alpha value is -3.53. The summed E-state index contributed by atoms with van der Waals surface area (Å²) in [7, 11) is 0. The van der Waals surface area contributed by atoms with Crippen molar-refractivity contribution in [2.45, 2.75) is 82.5 Å². The second-order valence-corrected chi connectivity index (χ2v) is 12.4. The van der Waals surface area contributed by atoms with Gasteiger partial charge in [-0.25, -0.2) is 4.98 Å². The standard InChI is InChI=1S/C32H38N4O5/c1-32(2,3)21-10-12-22(13-11-21)36(30(39)24-17-33-18-34-24)28(26-16-20-8-6-14-40-31(20)41-26)29(38)35-27-23-9-5-4-7-19(23)15-25(27)37/h4-5,7,9-13,17-18,20,25-28,31,37H,6,8,14-16H2,1-3H3,(H,33,34)(H,35,38)/t20?,25-,26?,27+,28?,31?/m0/s1. The maximum Gasteiger partial charge on any atom is 0.277 e. The number of ether oxygens (including phenoxy) is 2. The number of rotatable bonds is 6. The summed E-state index contributed by atoms with van der Waals surface area (Å²) in [4.78, 5) is 37.0. The molecule has 1 aromatic heterocycles. The smallest absolute Gasteiger partial charge is 0.277 e. The van der Waals surface area contributed by atoms with Crippen molar-refractivity contribution in [3.63, 3.8) is 0 Å². The second kappa shape index (κ2) is 11.0. The Labute approximate surface area is 240 Å². The van der Waals surface area contributed by atoms with Gasteiger partial charge in [0.1, 0.15) is 11.7 Å². The number of amides is 2. The predicted molar refractivity (Wildman–Crippen MR) is 153 cm³/mol. The van der Waals surface area contributed by atoms with E-state index in [4.69, 9.17) is 9.47 Å². The minimum atomic E-state index is -1.01. The van der Waals surface area contributed by atoms with Crippen LogP contribution >= 0.6 is 0 Å². The van der Waals surface area contributed by atoms with Gasteiger partial charge in [-0.3, -0.25) is 14.5 Å². The van der Waals surface area contributed by atoms with Gasteiger partial charge in [0.2, 0.25) is 5.91 Å². The lowest BCUT2D eigenvalue weighted by Gasteiger charge is -2.35. The Morgan fingerprint density at radius 1 is 1.15 bits per heavy atom. The molecule has 216 valence electrons. The maximum absolute atomic E-state index is 14.4. The monoisotopic (exact) mass is 558 g/mol. The molecule has 1 aliphatic carbocycles. The van der Waals surface area contributed by atoms with Crippen LogP contribution in [0.2, 0.25) is 0 Å². The Kier molecular flexibility index (Phi) is 7.44. The van der Waals surface area contributed by atoms with Crippen molar-refractivity contribution in [2.24, 2.45) is 5.92 Å². The first-order valence-electron chi connectivity index (χ1n) is 14.5. The Morgan fingerprint density at radius 3 is 2.63 bits per heavy atom. The number of aromatic amines is 1. The van der Waals surface area contributed by atoms with Gasteiger partial charge < -0.3 is 24.9 Å². The van der Waals surface area contributed by atoms with Crippen molar-refractivity contribution >= 4 is 17.5 Å². The normalized spacial score (nSPS) is 26.2. The number of imidazole rings is 1. The molecule has 2 saturated heterocycles. The molecule has 6 rings (SSSR count). The minimum Gasteiger partial charge on any atom is -0.390 e. The molecule has 4 unspecified atom stereocenters. The van der Waals surface area contributed by atoms with E-state index in [2.05, 4.69) is 36.1 Å². The Balaban J connectivity index is 1.40. The average Bonchev–Trinajstić information content (AvgIpc) is 3.70. The molecule has 0 bridgehead atoms. The van der Waals surface area contributed by atoms with Gasteiger partial charge in [-0.05, 0) is 53.5 Å². The number of aliphatic hydroxyl groups is 1. The zero-order valence-electron chi connectivity index (χ0n) is 23.7. The second-order valence-electron chi connectivity index (χ2n) is 12.4. The summed E-state index contributed by atoms with van der Waals surface area (Å²) in [5, 5.41) is 14.0. The van der Waals surface area contributed by atoms with Crippen LogP contribution in [0.4, 0.5) is 5.69 Å². The largest absolute Gasteiger partial charge is 0.390 e. The van der Waals surface area contributed by atoms with Crippen LogP contribution in [0.15, 0.2) is 61.1 Å². The summed E-state index contributed by atoms with van der Waals surface area (Å²) in [6, 6.07) is 13.9. The number of hydrogen-bond donors (Lipinski definition) is 3. The highest BCUT2D eigenvalue weighted by Gasteiger charge is 2.48. The zero-order chi connectivity index (χ0) is 28.7. The van der Waals surface area contributed by atoms with E-state index in [-0.39, 0.29) is 22.9 Å². The van der Waals surface area contributed by atoms with Gasteiger partial charge in [0.15, 0.2) is 6.29 Å². The van der Waals surface area contributed by atoms with Gasteiger partial charge in [-0.15, -0.1) is 0 Å². The molecule has 3 N–H and O–H groups in total. The van der Waals surface area contributed by atoms with Crippen molar-refractivity contribution < 1.29 is 24.2 Å². The lowest BCUT2D eigenvalue weighted by Crippen LogP contribution is -2.57. The minimum absolute atomic E-state index is 0.0822. The summed E-state index contributed by atoms with van der Waals surface area (Å²) in [5.41, 5.74) is 3.75. The summed E-state index contributed by atoms with van der Waals surface area (Å²) >= 11 is 0. The van der Waals surface area contributed by atoms with Crippen molar-refractivity contribution in [3.8, 4) is 0 Å². The van der Waals surface area contributed by atoms with E-state index in [1.165, 1.54) is 17.4 Å². The fourth-order valence-electron chi connectivity index (χ4n) is 6.39. The number of H-pyrrole nitrogens is 1. The van der Waals surface area contributed by atoms with E-state index in [9.17, 15) is 14.7 Å². The molecule has 9 nitrogen and oxygen atoms in total. The highest BCUT2D eigenvalue weighted by Crippen LogP contribution is 2.39. The first-order valence-corrected chi connectivity index (χ1v) is 14.5. The highest BCUT2D eigenvalue weighted by molar-refractivity contribution is 6.09. The number of carbonyl (C=O) groups excluding carboxylic acids is 2. The molecule has 6 atom stereocenters. The van der Waals surface area contributed by atoms with E-state index in [1.807, 2.05) is 48.5 Å². The van der Waals surface area contributed by atoms with E-state index in [0.717, 1.165) is 29.5 Å². The highest BCUT2D eigenvalue weighted by atomic mass is 16.7. The third-order valence-corrected chi connectivity index (χ3v) is 8.59. The van der Waals surface area contributed by atoms with Crippen LogP contribution in [0, 0.1) is 5.92 Å². The summed E-state index contributed by atoms with van der Waals surface area (Å²) in [6.45, 7) is 7.00. The molecule has 2 aromatic carbocycles. The number of benzene rings is 2. The van der Waals surface area contributed by atoms with Crippen LogP contribution in [-0.4, -0.2) is 58.0 Å². The van der Waals surface area contributed by atoms with Crippen LogP contribution in [0.25, 0.3) is 0 Å². The topological polar surface area (TPSA) is 117 Å². The number of hydrogen-bond acceptors (Lipinski definition) is 6. The number of nitrogens with zero attached hydrogens (tertiary/aromatic N) is 2. The third-order valence-electron chi connectivity index (χ3n) is 8.59. The Morgan fingerprint density at radius 2 is 1.93 bits per heavy atom. The molecule has 2 amide bonds. The van der Waals surface area contributed by atoms with Crippen LogP contribution in [0.3, 0.4) is 0 Å². The molecule has 41 heavy (non-hydrogen) atoms. The van der Waals surface area contributed by atoms with E-state index >= 15 is 0 Å². The van der Waals surface area contributed by atoms with Crippen molar-refractivity contribution in [2.75, 3.05) is 11.5 Å². The lowest BCUT2D eigenvalue weighted by atomic mass is 9.87. The molecule has 3 heterocycles. The van der Waals surface area contributed by atoms with E-state index in [1.54, 1.807) is 0 Å². The summed E-state index contributed by atoms with van der Waals surface area (Å²) in [5.74, 6) is -0.630. The fraction of sp³-hybridized carbons (Fsp3) is 0.469. The molecule has 2 aliphatic heterocycles. The molecule has 0 spiro atoms. The lowest BCUT2D eigenvalue weighted by molar-refractivity contribution is -0.170. The summed E-state index contributed by atoms with van der Waals surface area (Å²) in [6.07, 6.45) is 4.04. The molecule has 3 aromatic rings. The first kappa shape index (κ1) is 27.6.